The molecule has 0 saturated carbocycles. The summed E-state index contributed by atoms with van der Waals surface area (Å²) in [6, 6.07) is 4.74. The van der Waals surface area contributed by atoms with E-state index in [0.29, 0.717) is 0 Å². The summed E-state index contributed by atoms with van der Waals surface area (Å²) < 4.78 is 12.9. The quantitative estimate of drug-likeness (QED) is 0.790. The highest BCUT2D eigenvalue weighted by Crippen LogP contribution is 2.16. The van der Waals surface area contributed by atoms with Crippen LogP contribution >= 0.6 is 11.6 Å². The van der Waals surface area contributed by atoms with E-state index in [4.69, 9.17) is 11.6 Å². The Morgan fingerprint density at radius 3 is 2.92 bits per heavy atom. The van der Waals surface area contributed by atoms with Crippen LogP contribution in [-0.2, 0) is 0 Å². The molecule has 13 heavy (non-hydrogen) atoms. The molecule has 70 valence electrons. The van der Waals surface area contributed by atoms with E-state index < -0.39 is 0 Å². The van der Waals surface area contributed by atoms with Crippen LogP contribution in [0.2, 0.25) is 5.02 Å². The zero-order chi connectivity index (χ0) is 9.68. The van der Waals surface area contributed by atoms with Crippen LogP contribution in [0.4, 0.5) is 4.39 Å². The maximum Gasteiger partial charge on any atom is 0.142 e. The van der Waals surface area contributed by atoms with Gasteiger partial charge in [0.25, 0.3) is 0 Å². The molecule has 1 rings (SSSR count). The predicted molar refractivity (Wildman–Crippen MR) is 54.4 cm³/mol. The zero-order valence-electron chi connectivity index (χ0n) is 7.35. The first-order valence-corrected chi connectivity index (χ1v) is 4.38. The minimum Gasteiger partial charge on any atom is -0.316 e. The van der Waals surface area contributed by atoms with E-state index in [2.05, 4.69) is 5.32 Å². The maximum absolute atomic E-state index is 12.9. The van der Waals surface area contributed by atoms with Crippen LogP contribution in [0, 0.1) is 5.82 Å². The molecule has 0 bridgehead atoms. The molecule has 0 radical (unpaired) electrons. The van der Waals surface area contributed by atoms with E-state index in [0.717, 1.165) is 12.1 Å². The van der Waals surface area contributed by atoms with Crippen LogP contribution in [0.15, 0.2) is 24.3 Å². The Bertz CT molecular complexity index is 310. The summed E-state index contributed by atoms with van der Waals surface area (Å²) in [5.41, 5.74) is 0.817. The summed E-state index contributed by atoms with van der Waals surface area (Å²) in [6.45, 7) is 0.768. The van der Waals surface area contributed by atoms with E-state index in [1.54, 1.807) is 12.1 Å². The van der Waals surface area contributed by atoms with Gasteiger partial charge in [-0.3, -0.25) is 0 Å². The minimum atomic E-state index is -0.381. The van der Waals surface area contributed by atoms with Gasteiger partial charge in [0.2, 0.25) is 0 Å². The molecule has 0 amide bonds. The van der Waals surface area contributed by atoms with Gasteiger partial charge in [-0.2, -0.15) is 0 Å². The lowest BCUT2D eigenvalue weighted by Crippen LogP contribution is -2.03. The molecule has 0 aromatic heterocycles. The fourth-order valence-corrected chi connectivity index (χ4v) is 1.05. The molecule has 0 unspecified atom stereocenters. The van der Waals surface area contributed by atoms with Crippen molar-refractivity contribution in [3.63, 3.8) is 0 Å². The summed E-state index contributed by atoms with van der Waals surface area (Å²) in [6.07, 6.45) is 3.76. The first-order valence-electron chi connectivity index (χ1n) is 4.00. The molecular weight excluding hydrogens is 189 g/mol. The van der Waals surface area contributed by atoms with Crippen molar-refractivity contribution in [3.05, 3.63) is 40.7 Å². The highest BCUT2D eigenvalue weighted by atomic mass is 35.5. The van der Waals surface area contributed by atoms with Gasteiger partial charge >= 0.3 is 0 Å². The van der Waals surface area contributed by atoms with Gasteiger partial charge in [-0.1, -0.05) is 29.8 Å². The van der Waals surface area contributed by atoms with Crippen LogP contribution in [0.5, 0.6) is 0 Å². The van der Waals surface area contributed by atoms with Crippen molar-refractivity contribution in [1.82, 2.24) is 5.32 Å². The number of hydrogen-bond acceptors (Lipinski definition) is 1. The van der Waals surface area contributed by atoms with Crippen molar-refractivity contribution in [2.75, 3.05) is 13.6 Å². The van der Waals surface area contributed by atoms with E-state index in [1.165, 1.54) is 6.07 Å². The van der Waals surface area contributed by atoms with Gasteiger partial charge in [-0.15, -0.1) is 0 Å². The number of halogens is 2. The first kappa shape index (κ1) is 10.2. The third-order valence-electron chi connectivity index (χ3n) is 1.58. The topological polar surface area (TPSA) is 12.0 Å². The van der Waals surface area contributed by atoms with Gasteiger partial charge < -0.3 is 5.32 Å². The lowest BCUT2D eigenvalue weighted by atomic mass is 10.2. The normalized spacial score (nSPS) is 11.0. The third-order valence-corrected chi connectivity index (χ3v) is 1.88. The lowest BCUT2D eigenvalue weighted by Gasteiger charge is -1.96. The largest absolute Gasteiger partial charge is 0.316 e. The number of rotatable bonds is 3. The second kappa shape index (κ2) is 5.00. The SMILES string of the molecule is CNCC=Cc1ccc(Cl)c(F)c1. The van der Waals surface area contributed by atoms with Crippen molar-refractivity contribution in [2.45, 2.75) is 0 Å². The zero-order valence-corrected chi connectivity index (χ0v) is 8.11. The van der Waals surface area contributed by atoms with Crippen LogP contribution in [-0.4, -0.2) is 13.6 Å². The average Bonchev–Trinajstić information content (AvgIpc) is 2.12. The Kier molecular flexibility index (Phi) is 3.93. The lowest BCUT2D eigenvalue weighted by molar-refractivity contribution is 0.628. The number of hydrogen-bond donors (Lipinski definition) is 1. The van der Waals surface area contributed by atoms with Gasteiger partial charge in [0.05, 0.1) is 5.02 Å². The standard InChI is InChI=1S/C10H11ClFN/c1-13-6-2-3-8-4-5-9(11)10(12)7-8/h2-5,7,13H,6H2,1H3. The fraction of sp³-hybridized carbons (Fsp3) is 0.200. The number of nitrogens with one attached hydrogen (secondary N) is 1. The number of likely N-dealkylation sites (N-methyl/N-ethyl adjacent to an activating group) is 1. The summed E-state index contributed by atoms with van der Waals surface area (Å²) in [5, 5.41) is 3.12. The van der Waals surface area contributed by atoms with Crippen molar-refractivity contribution < 1.29 is 4.39 Å². The van der Waals surface area contributed by atoms with Gasteiger partial charge in [0, 0.05) is 6.54 Å². The summed E-state index contributed by atoms with van der Waals surface area (Å²) >= 11 is 5.53. The van der Waals surface area contributed by atoms with Gasteiger partial charge in [0.15, 0.2) is 0 Å². The van der Waals surface area contributed by atoms with Crippen LogP contribution in [0.1, 0.15) is 5.56 Å². The minimum absolute atomic E-state index is 0.158. The average molecular weight is 200 g/mol. The Morgan fingerprint density at radius 1 is 1.54 bits per heavy atom. The van der Waals surface area contributed by atoms with Gasteiger partial charge in [-0.25, -0.2) is 4.39 Å². The monoisotopic (exact) mass is 199 g/mol. The van der Waals surface area contributed by atoms with E-state index >= 15 is 0 Å². The highest BCUT2D eigenvalue weighted by Gasteiger charge is 1.97. The second-order valence-corrected chi connectivity index (χ2v) is 3.04. The number of benzene rings is 1. The molecule has 0 fully saturated rings. The Labute approximate surface area is 82.2 Å². The molecule has 0 aliphatic heterocycles. The fourth-order valence-electron chi connectivity index (χ4n) is 0.929. The molecule has 1 N–H and O–H groups in total. The second-order valence-electron chi connectivity index (χ2n) is 2.63. The molecule has 1 aromatic rings. The summed E-state index contributed by atoms with van der Waals surface area (Å²) in [4.78, 5) is 0. The third kappa shape index (κ3) is 3.17. The molecule has 3 heteroatoms. The smallest absolute Gasteiger partial charge is 0.142 e. The van der Waals surface area contributed by atoms with E-state index in [-0.39, 0.29) is 10.8 Å². The first-order chi connectivity index (χ1) is 6.24. The summed E-state index contributed by atoms with van der Waals surface area (Å²) in [5.74, 6) is -0.381. The molecule has 0 aliphatic carbocycles. The van der Waals surface area contributed by atoms with Crippen LogP contribution < -0.4 is 5.32 Å². The molecule has 0 aliphatic rings. The van der Waals surface area contributed by atoms with E-state index in [9.17, 15) is 4.39 Å². The van der Waals surface area contributed by atoms with Crippen molar-refractivity contribution in [2.24, 2.45) is 0 Å². The van der Waals surface area contributed by atoms with Crippen LogP contribution in [0.3, 0.4) is 0 Å². The molecule has 0 spiro atoms. The van der Waals surface area contributed by atoms with E-state index in [1.807, 2.05) is 19.2 Å². The van der Waals surface area contributed by atoms with Gasteiger partial charge in [0.1, 0.15) is 5.82 Å². The molecule has 1 aromatic carbocycles. The molecule has 1 nitrogen and oxygen atoms in total. The van der Waals surface area contributed by atoms with Crippen molar-refractivity contribution >= 4 is 17.7 Å². The maximum atomic E-state index is 12.9. The molecule has 0 heterocycles. The van der Waals surface area contributed by atoms with Crippen molar-refractivity contribution in [3.8, 4) is 0 Å². The summed E-state index contributed by atoms with van der Waals surface area (Å²) in [7, 11) is 1.85. The predicted octanol–water partition coefficient (Wildman–Crippen LogP) is 2.71. The Balaban J connectivity index is 2.73. The molecule has 0 atom stereocenters. The molecular formula is C10H11ClFN. The Morgan fingerprint density at radius 2 is 2.31 bits per heavy atom. The van der Waals surface area contributed by atoms with Crippen LogP contribution in [0.25, 0.3) is 6.08 Å². The molecule has 0 saturated heterocycles. The highest BCUT2D eigenvalue weighted by molar-refractivity contribution is 6.30. The van der Waals surface area contributed by atoms with Crippen molar-refractivity contribution in [1.29, 1.82) is 0 Å². The Hall–Kier alpha value is -0.860. The van der Waals surface area contributed by atoms with Gasteiger partial charge in [-0.05, 0) is 24.7 Å².